The molecule has 4 aromatic rings. The summed E-state index contributed by atoms with van der Waals surface area (Å²) in [5.74, 6) is 3.54. The molecule has 162 valence electrons. The molecule has 1 atom stereocenters. The van der Waals surface area contributed by atoms with Crippen LogP contribution in [0.15, 0.2) is 55.2 Å². The minimum absolute atomic E-state index is 0.169. The number of rotatable bonds is 5. The average Bonchev–Trinajstić information content (AvgIpc) is 3.60. The first kappa shape index (κ1) is 19.2. The molecule has 1 aromatic carbocycles. The Hall–Kier alpha value is -3.55. The molecule has 1 aliphatic heterocycles. The Bertz CT molecular complexity index is 1220. The molecule has 0 spiro atoms. The molecule has 3 aromatic heterocycles. The molecule has 0 saturated heterocycles. The first-order valence-corrected chi connectivity index (χ1v) is 11.5. The Morgan fingerprint density at radius 2 is 1.88 bits per heavy atom. The van der Waals surface area contributed by atoms with Crippen molar-refractivity contribution in [3.05, 3.63) is 72.5 Å². The third-order valence-electron chi connectivity index (χ3n) is 6.69. The average molecular weight is 427 g/mol. The van der Waals surface area contributed by atoms with Crippen LogP contribution in [0, 0.1) is 0 Å². The fourth-order valence-electron chi connectivity index (χ4n) is 5.18. The summed E-state index contributed by atoms with van der Waals surface area (Å²) >= 11 is 0. The van der Waals surface area contributed by atoms with Gasteiger partial charge in [-0.2, -0.15) is 4.98 Å². The van der Waals surface area contributed by atoms with Crippen LogP contribution in [0.2, 0.25) is 0 Å². The lowest BCUT2D eigenvalue weighted by Crippen LogP contribution is -2.42. The van der Waals surface area contributed by atoms with Crippen LogP contribution in [0.4, 0.5) is 5.82 Å². The molecule has 8 nitrogen and oxygen atoms in total. The van der Waals surface area contributed by atoms with Gasteiger partial charge in [0.1, 0.15) is 17.8 Å². The number of nitrogens with zero attached hydrogens (tertiary/aromatic N) is 8. The highest BCUT2D eigenvalue weighted by atomic mass is 15.4. The zero-order valence-corrected chi connectivity index (χ0v) is 18.2. The SMILES string of the molecule is CC[C@@H]1c2nncn2-c2cnc(-n3ccnc3Cc3ccccc3)nc2N1C1CCCC1. The van der Waals surface area contributed by atoms with Crippen molar-refractivity contribution in [3.8, 4) is 11.6 Å². The van der Waals surface area contributed by atoms with Gasteiger partial charge in [-0.05, 0) is 24.8 Å². The van der Waals surface area contributed by atoms with Gasteiger partial charge in [0.15, 0.2) is 11.6 Å². The normalized spacial score (nSPS) is 18.0. The number of fused-ring (bicyclic) bond motifs is 3. The van der Waals surface area contributed by atoms with Crippen LogP contribution >= 0.6 is 0 Å². The van der Waals surface area contributed by atoms with Crippen molar-refractivity contribution in [2.24, 2.45) is 0 Å². The highest BCUT2D eigenvalue weighted by molar-refractivity contribution is 5.62. The number of benzene rings is 1. The lowest BCUT2D eigenvalue weighted by molar-refractivity contribution is 0.468. The van der Waals surface area contributed by atoms with Crippen molar-refractivity contribution in [2.45, 2.75) is 57.5 Å². The first-order chi connectivity index (χ1) is 15.8. The quantitative estimate of drug-likeness (QED) is 0.479. The molecule has 0 bridgehead atoms. The summed E-state index contributed by atoms with van der Waals surface area (Å²) in [5, 5.41) is 8.67. The maximum atomic E-state index is 5.12. The zero-order valence-electron chi connectivity index (χ0n) is 18.2. The monoisotopic (exact) mass is 426 g/mol. The van der Waals surface area contributed by atoms with E-state index in [1.807, 2.05) is 29.2 Å². The highest BCUT2D eigenvalue weighted by Gasteiger charge is 2.38. The van der Waals surface area contributed by atoms with Gasteiger partial charge in [0, 0.05) is 24.9 Å². The summed E-state index contributed by atoms with van der Waals surface area (Å²) in [4.78, 5) is 16.9. The van der Waals surface area contributed by atoms with Crippen molar-refractivity contribution < 1.29 is 0 Å². The molecule has 8 heteroatoms. The van der Waals surface area contributed by atoms with Crippen molar-refractivity contribution in [3.63, 3.8) is 0 Å². The Morgan fingerprint density at radius 1 is 1.03 bits per heavy atom. The molecular weight excluding hydrogens is 400 g/mol. The summed E-state index contributed by atoms with van der Waals surface area (Å²) < 4.78 is 4.06. The van der Waals surface area contributed by atoms with E-state index in [1.165, 1.54) is 31.2 Å². The van der Waals surface area contributed by atoms with E-state index in [0.29, 0.717) is 12.0 Å². The Kier molecular flexibility index (Phi) is 4.70. The van der Waals surface area contributed by atoms with Crippen LogP contribution in [-0.4, -0.2) is 40.3 Å². The molecule has 1 aliphatic carbocycles. The fraction of sp³-hybridized carbons (Fsp3) is 0.375. The standard InChI is InChI=1S/C24H26N8/c1-2-19-23-29-27-16-31(23)20-15-26-24(28-22(20)32(19)18-10-6-7-11-18)30-13-12-25-21(30)14-17-8-4-3-5-9-17/h3-5,8-9,12-13,15-16,18-19H,2,6-7,10-11,14H2,1H3/t19-/m1/s1. The fourth-order valence-corrected chi connectivity index (χ4v) is 5.18. The van der Waals surface area contributed by atoms with Gasteiger partial charge in [-0.1, -0.05) is 50.1 Å². The lowest BCUT2D eigenvalue weighted by atomic mass is 10.0. The molecule has 32 heavy (non-hydrogen) atoms. The maximum absolute atomic E-state index is 5.12. The van der Waals surface area contributed by atoms with E-state index in [0.717, 1.165) is 36.0 Å². The molecule has 2 aliphatic rings. The maximum Gasteiger partial charge on any atom is 0.237 e. The van der Waals surface area contributed by atoms with Gasteiger partial charge in [-0.25, -0.2) is 9.97 Å². The summed E-state index contributed by atoms with van der Waals surface area (Å²) in [6, 6.07) is 11.0. The molecule has 0 amide bonds. The van der Waals surface area contributed by atoms with Crippen LogP contribution in [0.5, 0.6) is 0 Å². The van der Waals surface area contributed by atoms with E-state index in [9.17, 15) is 0 Å². The van der Waals surface area contributed by atoms with E-state index in [4.69, 9.17) is 9.97 Å². The Morgan fingerprint density at radius 3 is 2.69 bits per heavy atom. The number of aromatic nitrogens is 7. The van der Waals surface area contributed by atoms with Gasteiger partial charge in [0.25, 0.3) is 0 Å². The summed E-state index contributed by atoms with van der Waals surface area (Å²) in [7, 11) is 0. The molecule has 0 N–H and O–H groups in total. The van der Waals surface area contributed by atoms with Gasteiger partial charge in [-0.15, -0.1) is 10.2 Å². The second kappa shape index (κ2) is 7.85. The third-order valence-corrected chi connectivity index (χ3v) is 6.69. The number of hydrogen-bond donors (Lipinski definition) is 0. The van der Waals surface area contributed by atoms with Gasteiger partial charge >= 0.3 is 0 Å². The van der Waals surface area contributed by atoms with Gasteiger partial charge < -0.3 is 4.90 Å². The molecule has 0 radical (unpaired) electrons. The van der Waals surface area contributed by atoms with Crippen molar-refractivity contribution >= 4 is 5.82 Å². The van der Waals surface area contributed by atoms with E-state index < -0.39 is 0 Å². The predicted octanol–water partition coefficient (Wildman–Crippen LogP) is 4.05. The van der Waals surface area contributed by atoms with Crippen molar-refractivity contribution in [1.82, 2.24) is 34.3 Å². The smallest absolute Gasteiger partial charge is 0.237 e. The van der Waals surface area contributed by atoms with Crippen molar-refractivity contribution in [2.75, 3.05) is 4.90 Å². The number of hydrogen-bond acceptors (Lipinski definition) is 6. The largest absolute Gasteiger partial charge is 0.341 e. The Labute approximate surface area is 187 Å². The molecule has 4 heterocycles. The van der Waals surface area contributed by atoms with Crippen LogP contribution in [0.25, 0.3) is 11.6 Å². The van der Waals surface area contributed by atoms with Gasteiger partial charge in [0.2, 0.25) is 5.95 Å². The van der Waals surface area contributed by atoms with E-state index in [2.05, 4.69) is 55.8 Å². The second-order valence-electron chi connectivity index (χ2n) is 8.58. The summed E-state index contributed by atoms with van der Waals surface area (Å²) in [6.45, 7) is 2.21. The third kappa shape index (κ3) is 3.09. The lowest BCUT2D eigenvalue weighted by Gasteiger charge is -2.40. The number of anilines is 1. The molecule has 0 unspecified atom stereocenters. The summed E-state index contributed by atoms with van der Waals surface area (Å²) in [5.41, 5.74) is 2.17. The topological polar surface area (TPSA) is 77.5 Å². The first-order valence-electron chi connectivity index (χ1n) is 11.5. The second-order valence-corrected chi connectivity index (χ2v) is 8.58. The molecular formula is C24H26N8. The van der Waals surface area contributed by atoms with E-state index in [-0.39, 0.29) is 6.04 Å². The van der Waals surface area contributed by atoms with E-state index >= 15 is 0 Å². The Balaban J connectivity index is 1.45. The number of imidazole rings is 1. The van der Waals surface area contributed by atoms with Crippen molar-refractivity contribution in [1.29, 1.82) is 0 Å². The molecule has 6 rings (SSSR count). The minimum Gasteiger partial charge on any atom is -0.341 e. The van der Waals surface area contributed by atoms with Crippen LogP contribution in [0.3, 0.4) is 0 Å². The van der Waals surface area contributed by atoms with Gasteiger partial charge in [-0.3, -0.25) is 9.13 Å². The predicted molar refractivity (Wildman–Crippen MR) is 121 cm³/mol. The molecule has 1 fully saturated rings. The van der Waals surface area contributed by atoms with Crippen LogP contribution < -0.4 is 4.90 Å². The summed E-state index contributed by atoms with van der Waals surface area (Å²) in [6.07, 6.45) is 14.1. The van der Waals surface area contributed by atoms with Crippen LogP contribution in [0.1, 0.15) is 62.3 Å². The molecule has 1 saturated carbocycles. The van der Waals surface area contributed by atoms with Crippen LogP contribution in [-0.2, 0) is 6.42 Å². The van der Waals surface area contributed by atoms with Gasteiger partial charge in [0.05, 0.1) is 12.2 Å². The highest BCUT2D eigenvalue weighted by Crippen LogP contribution is 2.42. The zero-order chi connectivity index (χ0) is 21.5. The van der Waals surface area contributed by atoms with E-state index in [1.54, 1.807) is 6.33 Å². The minimum atomic E-state index is 0.169.